The van der Waals surface area contributed by atoms with Crippen molar-refractivity contribution >= 4 is 71.2 Å². The Balaban J connectivity index is 0.00000200. The van der Waals surface area contributed by atoms with Crippen molar-refractivity contribution in [1.82, 2.24) is 0 Å². The first-order chi connectivity index (χ1) is 9.06. The molecule has 0 unspecified atom stereocenters. The Morgan fingerprint density at radius 1 is 0.667 bits per heavy atom. The lowest BCUT2D eigenvalue weighted by Gasteiger charge is -2.11. The Morgan fingerprint density at radius 2 is 1.05 bits per heavy atom. The molecule has 0 spiro atoms. The molecule has 2 aromatic carbocycles. The highest BCUT2D eigenvalue weighted by atomic mass is 35.5. The zero-order valence-corrected chi connectivity index (χ0v) is 15.0. The monoisotopic (exact) mass is 408 g/mol. The Labute approximate surface area is 155 Å². The molecule has 0 N–H and O–H groups in total. The van der Waals surface area contributed by atoms with Crippen molar-refractivity contribution < 1.29 is 9.47 Å². The third-order valence-corrected chi connectivity index (χ3v) is 3.31. The number of benzene rings is 2. The number of rotatable bonds is 4. The van der Waals surface area contributed by atoms with Crippen LogP contribution in [0.4, 0.5) is 0 Å². The van der Waals surface area contributed by atoms with Crippen LogP contribution in [-0.4, -0.2) is 6.79 Å². The third kappa shape index (κ3) is 6.19. The van der Waals surface area contributed by atoms with Crippen molar-refractivity contribution in [3.05, 3.63) is 56.5 Å². The first-order valence-electron chi connectivity index (χ1n) is 5.22. The van der Waals surface area contributed by atoms with Gasteiger partial charge in [0.2, 0.25) is 6.79 Å². The number of hydrogen-bond donors (Lipinski definition) is 0. The molecule has 0 aliphatic carbocycles. The standard InChI is InChI=1S/C13H8Cl4O2.2ClH/c14-8-1-3-10(16)12(5-8)18-7-19-13-6-9(15)2-4-11(13)17;;/h1-6H,7H2;2*1H. The van der Waals surface area contributed by atoms with E-state index in [9.17, 15) is 0 Å². The molecule has 2 rings (SSSR count). The molecule has 2 aromatic rings. The van der Waals surface area contributed by atoms with Gasteiger partial charge in [0.15, 0.2) is 0 Å². The van der Waals surface area contributed by atoms with Gasteiger partial charge in [-0.25, -0.2) is 0 Å². The summed E-state index contributed by atoms with van der Waals surface area (Å²) in [6.07, 6.45) is 0. The smallest absolute Gasteiger partial charge is 0.231 e. The SMILES string of the molecule is Cl.Cl.Clc1ccc(Cl)c(OCOc2cc(Cl)ccc2Cl)c1. The molecule has 0 aromatic heterocycles. The predicted octanol–water partition coefficient (Wildman–Crippen LogP) is 6.56. The van der Waals surface area contributed by atoms with Gasteiger partial charge in [0, 0.05) is 22.2 Å². The lowest BCUT2D eigenvalue weighted by molar-refractivity contribution is 0.120. The van der Waals surface area contributed by atoms with Crippen LogP contribution in [0.3, 0.4) is 0 Å². The van der Waals surface area contributed by atoms with Crippen LogP contribution in [0, 0.1) is 0 Å². The van der Waals surface area contributed by atoms with Gasteiger partial charge in [-0.05, 0) is 24.3 Å². The zero-order chi connectivity index (χ0) is 13.8. The van der Waals surface area contributed by atoms with Crippen LogP contribution in [0.2, 0.25) is 20.1 Å². The maximum atomic E-state index is 5.95. The maximum absolute atomic E-state index is 5.95. The molecule has 0 fully saturated rings. The van der Waals surface area contributed by atoms with E-state index in [-0.39, 0.29) is 31.6 Å². The Kier molecular flexibility index (Phi) is 9.63. The van der Waals surface area contributed by atoms with E-state index in [1.807, 2.05) is 0 Å². The predicted molar refractivity (Wildman–Crippen MR) is 93.5 cm³/mol. The first kappa shape index (κ1) is 20.8. The fraction of sp³-hybridized carbons (Fsp3) is 0.0769. The topological polar surface area (TPSA) is 18.5 Å². The average Bonchev–Trinajstić information content (AvgIpc) is 2.38. The minimum atomic E-state index is -0.0554. The molecular weight excluding hydrogens is 401 g/mol. The molecule has 0 amide bonds. The highest BCUT2D eigenvalue weighted by molar-refractivity contribution is 6.34. The summed E-state index contributed by atoms with van der Waals surface area (Å²) in [7, 11) is 0. The molecule has 0 aliphatic rings. The van der Waals surface area contributed by atoms with E-state index in [2.05, 4.69) is 0 Å². The van der Waals surface area contributed by atoms with Crippen molar-refractivity contribution in [2.75, 3.05) is 6.79 Å². The summed E-state index contributed by atoms with van der Waals surface area (Å²) in [5.41, 5.74) is 0. The largest absolute Gasteiger partial charge is 0.456 e. The molecule has 0 bridgehead atoms. The van der Waals surface area contributed by atoms with E-state index in [1.165, 1.54) is 0 Å². The summed E-state index contributed by atoms with van der Waals surface area (Å²) >= 11 is 23.6. The lowest BCUT2D eigenvalue weighted by atomic mass is 10.3. The normalized spacial score (nSPS) is 9.33. The summed E-state index contributed by atoms with van der Waals surface area (Å²) in [5, 5.41) is 1.95. The molecule has 0 heterocycles. The van der Waals surface area contributed by atoms with E-state index in [0.717, 1.165) is 0 Å². The van der Waals surface area contributed by atoms with Crippen molar-refractivity contribution in [2.24, 2.45) is 0 Å². The summed E-state index contributed by atoms with van der Waals surface area (Å²) in [5.74, 6) is 0.875. The second-order valence-corrected chi connectivity index (χ2v) is 5.24. The van der Waals surface area contributed by atoms with E-state index in [1.54, 1.807) is 36.4 Å². The van der Waals surface area contributed by atoms with Gasteiger partial charge in [-0.2, -0.15) is 0 Å². The van der Waals surface area contributed by atoms with Gasteiger partial charge in [-0.1, -0.05) is 46.4 Å². The number of ether oxygens (including phenoxy) is 2. The summed E-state index contributed by atoms with van der Waals surface area (Å²) in [4.78, 5) is 0. The van der Waals surface area contributed by atoms with Crippen LogP contribution in [0.5, 0.6) is 11.5 Å². The van der Waals surface area contributed by atoms with E-state index in [0.29, 0.717) is 31.6 Å². The average molecular weight is 411 g/mol. The van der Waals surface area contributed by atoms with Gasteiger partial charge in [0.1, 0.15) is 11.5 Å². The van der Waals surface area contributed by atoms with Gasteiger partial charge < -0.3 is 9.47 Å². The van der Waals surface area contributed by atoms with Crippen LogP contribution >= 0.6 is 71.2 Å². The minimum absolute atomic E-state index is 0. The fourth-order valence-corrected chi connectivity index (χ4v) is 2.00. The second-order valence-electron chi connectivity index (χ2n) is 3.56. The Hall–Kier alpha value is -0.220. The minimum Gasteiger partial charge on any atom is -0.456 e. The van der Waals surface area contributed by atoms with Gasteiger partial charge in [-0.15, -0.1) is 24.8 Å². The van der Waals surface area contributed by atoms with Crippen LogP contribution in [0.15, 0.2) is 36.4 Å². The summed E-state index contributed by atoms with van der Waals surface area (Å²) < 4.78 is 10.8. The summed E-state index contributed by atoms with van der Waals surface area (Å²) in [6, 6.07) is 9.84. The second kappa shape index (κ2) is 9.73. The van der Waals surface area contributed by atoms with Crippen LogP contribution in [0.1, 0.15) is 0 Å². The van der Waals surface area contributed by atoms with Crippen LogP contribution < -0.4 is 9.47 Å². The van der Waals surface area contributed by atoms with Crippen molar-refractivity contribution in [3.63, 3.8) is 0 Å². The zero-order valence-electron chi connectivity index (χ0n) is 10.3. The molecule has 8 heteroatoms. The lowest BCUT2D eigenvalue weighted by Crippen LogP contribution is -2.06. The fourth-order valence-electron chi connectivity index (χ4n) is 1.33. The molecule has 0 radical (unpaired) electrons. The molecule has 116 valence electrons. The first-order valence-corrected chi connectivity index (χ1v) is 6.73. The van der Waals surface area contributed by atoms with Crippen molar-refractivity contribution in [1.29, 1.82) is 0 Å². The molecular formula is C13H10Cl6O2. The molecule has 21 heavy (non-hydrogen) atoms. The Bertz CT molecular complexity index is 539. The van der Waals surface area contributed by atoms with Crippen LogP contribution in [-0.2, 0) is 0 Å². The molecule has 0 saturated heterocycles. The molecule has 0 aliphatic heterocycles. The molecule has 0 atom stereocenters. The Morgan fingerprint density at radius 3 is 1.43 bits per heavy atom. The van der Waals surface area contributed by atoms with E-state index < -0.39 is 0 Å². The quantitative estimate of drug-likeness (QED) is 0.531. The number of halogens is 6. The van der Waals surface area contributed by atoms with E-state index in [4.69, 9.17) is 55.9 Å². The van der Waals surface area contributed by atoms with Gasteiger partial charge in [-0.3, -0.25) is 0 Å². The van der Waals surface area contributed by atoms with Crippen molar-refractivity contribution in [3.8, 4) is 11.5 Å². The molecule has 2 nitrogen and oxygen atoms in total. The van der Waals surface area contributed by atoms with E-state index >= 15 is 0 Å². The molecule has 0 saturated carbocycles. The van der Waals surface area contributed by atoms with Gasteiger partial charge >= 0.3 is 0 Å². The van der Waals surface area contributed by atoms with Crippen molar-refractivity contribution in [2.45, 2.75) is 0 Å². The van der Waals surface area contributed by atoms with Crippen LogP contribution in [0.25, 0.3) is 0 Å². The van der Waals surface area contributed by atoms with Gasteiger partial charge in [0.25, 0.3) is 0 Å². The summed E-state index contributed by atoms with van der Waals surface area (Å²) in [6.45, 7) is -0.0554. The highest BCUT2D eigenvalue weighted by Gasteiger charge is 2.05. The third-order valence-electron chi connectivity index (χ3n) is 2.22. The highest BCUT2D eigenvalue weighted by Crippen LogP contribution is 2.30. The maximum Gasteiger partial charge on any atom is 0.231 e. The number of hydrogen-bond acceptors (Lipinski definition) is 2. The van der Waals surface area contributed by atoms with Gasteiger partial charge in [0.05, 0.1) is 10.0 Å².